The van der Waals surface area contributed by atoms with Crippen molar-refractivity contribution >= 4 is 28.8 Å². The van der Waals surface area contributed by atoms with E-state index in [1.54, 1.807) is 18.5 Å². The number of aromatic nitrogens is 3. The van der Waals surface area contributed by atoms with Crippen molar-refractivity contribution in [2.45, 2.75) is 26.3 Å². The summed E-state index contributed by atoms with van der Waals surface area (Å²) in [5.74, 6) is 0.758. The number of amides is 1. The Morgan fingerprint density at radius 2 is 2.18 bits per heavy atom. The lowest BCUT2D eigenvalue weighted by molar-refractivity contribution is -0.119. The minimum Gasteiger partial charge on any atom is -0.497 e. The lowest BCUT2D eigenvalue weighted by Gasteiger charge is -2.19. The molecule has 3 aromatic rings. The molecule has 28 heavy (non-hydrogen) atoms. The number of benzene rings is 1. The third kappa shape index (κ3) is 3.38. The molecule has 2 aromatic heterocycles. The van der Waals surface area contributed by atoms with Crippen molar-refractivity contribution in [3.8, 4) is 17.0 Å². The third-order valence-corrected chi connectivity index (χ3v) is 5.17. The number of nitrogens with zero attached hydrogens (tertiary/aromatic N) is 4. The predicted octanol–water partition coefficient (Wildman–Crippen LogP) is 3.08. The van der Waals surface area contributed by atoms with Gasteiger partial charge in [-0.2, -0.15) is 5.10 Å². The Morgan fingerprint density at radius 3 is 2.93 bits per heavy atom. The highest BCUT2D eigenvalue weighted by Gasteiger charge is 2.27. The minimum absolute atomic E-state index is 0.0123. The van der Waals surface area contributed by atoms with Gasteiger partial charge in [0, 0.05) is 37.7 Å². The first-order chi connectivity index (χ1) is 13.5. The summed E-state index contributed by atoms with van der Waals surface area (Å²) in [4.78, 5) is 18.4. The van der Waals surface area contributed by atoms with Crippen molar-refractivity contribution in [2.75, 3.05) is 25.1 Å². The van der Waals surface area contributed by atoms with Crippen LogP contribution in [0.25, 0.3) is 16.9 Å². The van der Waals surface area contributed by atoms with Gasteiger partial charge in [-0.1, -0.05) is 23.7 Å². The molecule has 3 heterocycles. The van der Waals surface area contributed by atoms with Crippen LogP contribution in [0.4, 0.5) is 5.69 Å². The standard InChI is InChI=1S/C20H22ClN5O2/c1-12-19(14-5-4-6-16(9-14)28-3)26-20(22-12)17(10-18(21)24-26)25-8-7-15(11-25)23-13(2)27/h4-6,9-10,15H,7-8,11H2,1-3H3,(H,23,27)/t15-/m1/s1. The highest BCUT2D eigenvalue weighted by molar-refractivity contribution is 6.29. The summed E-state index contributed by atoms with van der Waals surface area (Å²) >= 11 is 6.37. The maximum absolute atomic E-state index is 11.4. The molecule has 1 saturated heterocycles. The second kappa shape index (κ2) is 7.31. The van der Waals surface area contributed by atoms with E-state index in [9.17, 15) is 4.79 Å². The topological polar surface area (TPSA) is 71.8 Å². The smallest absolute Gasteiger partial charge is 0.217 e. The van der Waals surface area contributed by atoms with Gasteiger partial charge < -0.3 is 15.0 Å². The SMILES string of the molecule is COc1cccc(-c2c(C)nc3c(N4CC[C@@H](NC(C)=O)C4)cc(Cl)nn23)c1. The van der Waals surface area contributed by atoms with Gasteiger partial charge in [0.1, 0.15) is 5.75 Å². The molecule has 0 saturated carbocycles. The van der Waals surface area contributed by atoms with Crippen LogP contribution in [0.1, 0.15) is 19.0 Å². The summed E-state index contributed by atoms with van der Waals surface area (Å²) in [6, 6.07) is 9.77. The molecule has 146 valence electrons. The molecule has 0 spiro atoms. The van der Waals surface area contributed by atoms with Crippen LogP contribution in [0, 0.1) is 6.92 Å². The average molecular weight is 400 g/mol. The number of anilines is 1. The number of methoxy groups -OCH3 is 1. The van der Waals surface area contributed by atoms with E-state index < -0.39 is 0 Å². The minimum atomic E-state index is -0.0123. The number of carbonyl (C=O) groups is 1. The summed E-state index contributed by atoms with van der Waals surface area (Å²) in [5.41, 5.74) is 4.38. The molecule has 4 rings (SSSR count). The molecule has 1 fully saturated rings. The van der Waals surface area contributed by atoms with Crippen LogP contribution in [0.2, 0.25) is 5.15 Å². The van der Waals surface area contributed by atoms with Crippen LogP contribution < -0.4 is 15.0 Å². The number of imidazole rings is 1. The van der Waals surface area contributed by atoms with Gasteiger partial charge in [0.15, 0.2) is 10.8 Å². The molecule has 0 bridgehead atoms. The molecule has 1 amide bonds. The lowest BCUT2D eigenvalue weighted by Crippen LogP contribution is -2.35. The molecule has 1 aliphatic rings. The molecule has 1 atom stereocenters. The maximum atomic E-state index is 11.4. The Labute approximate surface area is 168 Å². The van der Waals surface area contributed by atoms with Gasteiger partial charge in [-0.3, -0.25) is 4.79 Å². The van der Waals surface area contributed by atoms with E-state index in [-0.39, 0.29) is 11.9 Å². The Morgan fingerprint density at radius 1 is 1.36 bits per heavy atom. The Balaban J connectivity index is 1.79. The summed E-state index contributed by atoms with van der Waals surface area (Å²) in [6.45, 7) is 5.05. The van der Waals surface area contributed by atoms with Gasteiger partial charge in [0.05, 0.1) is 24.2 Å². The van der Waals surface area contributed by atoms with Crippen molar-refractivity contribution in [1.29, 1.82) is 0 Å². The lowest BCUT2D eigenvalue weighted by atomic mass is 10.1. The largest absolute Gasteiger partial charge is 0.497 e. The zero-order valence-electron chi connectivity index (χ0n) is 16.1. The number of hydrogen-bond acceptors (Lipinski definition) is 5. The van der Waals surface area contributed by atoms with Crippen LogP contribution in [-0.2, 0) is 4.79 Å². The third-order valence-electron chi connectivity index (χ3n) is 4.99. The highest BCUT2D eigenvalue weighted by Crippen LogP contribution is 2.33. The summed E-state index contributed by atoms with van der Waals surface area (Å²) in [5, 5.41) is 7.89. The van der Waals surface area contributed by atoms with E-state index >= 15 is 0 Å². The average Bonchev–Trinajstić information content (AvgIpc) is 3.24. The van der Waals surface area contributed by atoms with E-state index in [4.69, 9.17) is 21.3 Å². The van der Waals surface area contributed by atoms with Crippen molar-refractivity contribution in [2.24, 2.45) is 0 Å². The first-order valence-electron chi connectivity index (χ1n) is 9.18. The Kier molecular flexibility index (Phi) is 4.85. The van der Waals surface area contributed by atoms with Gasteiger partial charge in [-0.05, 0) is 25.5 Å². The van der Waals surface area contributed by atoms with E-state index in [1.165, 1.54) is 0 Å². The van der Waals surface area contributed by atoms with Crippen molar-refractivity contribution in [1.82, 2.24) is 19.9 Å². The zero-order chi connectivity index (χ0) is 19.8. The number of aryl methyl sites for hydroxylation is 1. The monoisotopic (exact) mass is 399 g/mol. The number of nitrogens with one attached hydrogen (secondary N) is 1. The van der Waals surface area contributed by atoms with Gasteiger partial charge >= 0.3 is 0 Å². The number of rotatable bonds is 4. The van der Waals surface area contributed by atoms with Crippen LogP contribution in [0.3, 0.4) is 0 Å². The van der Waals surface area contributed by atoms with Crippen molar-refractivity contribution < 1.29 is 9.53 Å². The fraction of sp³-hybridized carbons (Fsp3) is 0.350. The molecular weight excluding hydrogens is 378 g/mol. The summed E-state index contributed by atoms with van der Waals surface area (Å²) in [7, 11) is 1.65. The highest BCUT2D eigenvalue weighted by atomic mass is 35.5. The first kappa shape index (κ1) is 18.6. The van der Waals surface area contributed by atoms with Crippen molar-refractivity contribution in [3.63, 3.8) is 0 Å². The van der Waals surface area contributed by atoms with Gasteiger partial charge in [-0.25, -0.2) is 9.50 Å². The van der Waals surface area contributed by atoms with E-state index in [0.29, 0.717) is 5.15 Å². The van der Waals surface area contributed by atoms with Crippen LogP contribution >= 0.6 is 11.6 Å². The van der Waals surface area contributed by atoms with Crippen LogP contribution in [-0.4, -0.2) is 46.7 Å². The molecule has 0 unspecified atom stereocenters. The van der Waals surface area contributed by atoms with Crippen molar-refractivity contribution in [3.05, 3.63) is 41.2 Å². The molecule has 1 aliphatic heterocycles. The molecule has 1 aromatic carbocycles. The Bertz CT molecular complexity index is 1050. The molecule has 7 nitrogen and oxygen atoms in total. The molecule has 0 aliphatic carbocycles. The van der Waals surface area contributed by atoms with E-state index in [1.807, 2.05) is 37.3 Å². The number of carbonyl (C=O) groups excluding carboxylic acids is 1. The summed E-state index contributed by atoms with van der Waals surface area (Å²) < 4.78 is 7.16. The number of ether oxygens (including phenoxy) is 1. The first-order valence-corrected chi connectivity index (χ1v) is 9.56. The second-order valence-electron chi connectivity index (χ2n) is 7.00. The van der Waals surface area contributed by atoms with Gasteiger partial charge in [0.25, 0.3) is 0 Å². The van der Waals surface area contributed by atoms with E-state index in [2.05, 4.69) is 15.3 Å². The Hall–Kier alpha value is -2.80. The van der Waals surface area contributed by atoms with Crippen LogP contribution in [0.15, 0.2) is 30.3 Å². The number of halogens is 1. The number of fused-ring (bicyclic) bond motifs is 1. The second-order valence-corrected chi connectivity index (χ2v) is 7.38. The molecule has 0 radical (unpaired) electrons. The molecular formula is C20H22ClN5O2. The fourth-order valence-corrected chi connectivity index (χ4v) is 3.98. The predicted molar refractivity (Wildman–Crippen MR) is 109 cm³/mol. The number of hydrogen-bond donors (Lipinski definition) is 1. The van der Waals surface area contributed by atoms with Gasteiger partial charge in [-0.15, -0.1) is 0 Å². The fourth-order valence-electron chi connectivity index (χ4n) is 3.80. The maximum Gasteiger partial charge on any atom is 0.217 e. The molecule has 8 heteroatoms. The molecule has 1 N–H and O–H groups in total. The quantitative estimate of drug-likeness (QED) is 0.730. The van der Waals surface area contributed by atoms with Gasteiger partial charge in [0.2, 0.25) is 5.91 Å². The normalized spacial score (nSPS) is 16.6. The van der Waals surface area contributed by atoms with Crippen LogP contribution in [0.5, 0.6) is 5.75 Å². The van der Waals surface area contributed by atoms with E-state index in [0.717, 1.165) is 53.5 Å². The zero-order valence-corrected chi connectivity index (χ0v) is 16.8. The summed E-state index contributed by atoms with van der Waals surface area (Å²) in [6.07, 6.45) is 0.883.